The molecule has 1 rings (SSSR count). The third kappa shape index (κ3) is 12.2. The first kappa shape index (κ1) is 25.0. The van der Waals surface area contributed by atoms with Gasteiger partial charge in [0.15, 0.2) is 0 Å². The van der Waals surface area contributed by atoms with Gasteiger partial charge in [0.1, 0.15) is 0 Å². The third-order valence-corrected chi connectivity index (χ3v) is 4.07. The Morgan fingerprint density at radius 3 is 2.41 bits per heavy atom. The van der Waals surface area contributed by atoms with E-state index in [-0.39, 0.29) is 12.6 Å². The van der Waals surface area contributed by atoms with Crippen LogP contribution in [-0.4, -0.2) is 57.5 Å². The van der Waals surface area contributed by atoms with E-state index < -0.39 is 17.7 Å². The number of hydrogen-bond acceptors (Lipinski definition) is 5. The average Bonchev–Trinajstić information content (AvgIpc) is 2.62. The summed E-state index contributed by atoms with van der Waals surface area (Å²) < 4.78 is 11.1. The number of alkyl carbamates (subject to hydrolysis) is 1. The summed E-state index contributed by atoms with van der Waals surface area (Å²) in [7, 11) is 0. The molecule has 7 nitrogen and oxygen atoms in total. The molecule has 161 valence electrons. The van der Waals surface area contributed by atoms with Crippen molar-refractivity contribution in [3.05, 3.63) is 35.9 Å². The van der Waals surface area contributed by atoms with Gasteiger partial charge in [-0.2, -0.15) is 0 Å². The van der Waals surface area contributed by atoms with E-state index in [4.69, 9.17) is 9.47 Å². The zero-order valence-electron chi connectivity index (χ0n) is 17.9. The minimum atomic E-state index is -0.539. The molecular weight excluding hydrogens is 437 g/mol. The van der Waals surface area contributed by atoms with Crippen molar-refractivity contribution in [3.63, 3.8) is 0 Å². The van der Waals surface area contributed by atoms with Crippen molar-refractivity contribution in [2.45, 2.75) is 59.3 Å². The molecule has 29 heavy (non-hydrogen) atoms. The molecule has 1 aromatic rings. The van der Waals surface area contributed by atoms with E-state index in [1.165, 1.54) is 0 Å². The Morgan fingerprint density at radius 2 is 1.83 bits per heavy atom. The molecule has 1 radical (unpaired) electrons. The van der Waals surface area contributed by atoms with Crippen LogP contribution < -0.4 is 10.6 Å². The van der Waals surface area contributed by atoms with E-state index in [0.29, 0.717) is 30.2 Å². The molecule has 0 spiro atoms. The van der Waals surface area contributed by atoms with Gasteiger partial charge in [0.2, 0.25) is 0 Å². The Labute approximate surface area is 181 Å². The van der Waals surface area contributed by atoms with Gasteiger partial charge in [0.05, 0.1) is 0 Å². The van der Waals surface area contributed by atoms with Gasteiger partial charge in [-0.1, -0.05) is 0 Å². The van der Waals surface area contributed by atoms with Crippen LogP contribution in [0.25, 0.3) is 0 Å². The topological polar surface area (TPSA) is 89.0 Å². The summed E-state index contributed by atoms with van der Waals surface area (Å²) in [6.07, 6.45) is 0.134. The van der Waals surface area contributed by atoms with E-state index >= 15 is 0 Å². The molecule has 0 aliphatic heterocycles. The number of hydrogen-bond donors (Lipinski definition) is 2. The van der Waals surface area contributed by atoms with Crippen LogP contribution in [0.4, 0.5) is 4.79 Å². The van der Waals surface area contributed by atoms with Crippen molar-refractivity contribution >= 4 is 32.8 Å². The molecule has 0 saturated heterocycles. The summed E-state index contributed by atoms with van der Waals surface area (Å²) >= 11 is 2.82. The van der Waals surface area contributed by atoms with Crippen molar-refractivity contribution in [2.75, 3.05) is 13.1 Å². The summed E-state index contributed by atoms with van der Waals surface area (Å²) in [6.45, 7) is 10.4. The Morgan fingerprint density at radius 1 is 1.17 bits per heavy atom. The molecule has 0 saturated carbocycles. The molecular formula is C21H32N3O4Se. The number of rotatable bonds is 9. The van der Waals surface area contributed by atoms with Crippen LogP contribution in [0.15, 0.2) is 35.3 Å². The molecule has 0 fully saturated rings. The number of carbonyl (C=O) groups is 2. The number of benzene rings is 1. The van der Waals surface area contributed by atoms with Gasteiger partial charge in [0, 0.05) is 0 Å². The van der Waals surface area contributed by atoms with Gasteiger partial charge in [-0.3, -0.25) is 0 Å². The van der Waals surface area contributed by atoms with E-state index in [1.807, 2.05) is 44.2 Å². The molecule has 1 aromatic carbocycles. The monoisotopic (exact) mass is 470 g/mol. The van der Waals surface area contributed by atoms with Crippen LogP contribution in [0.2, 0.25) is 0 Å². The zero-order chi connectivity index (χ0) is 21.9. The number of amides is 1. The molecule has 0 aromatic heterocycles. The molecule has 0 bridgehead atoms. The minimum absolute atomic E-state index is 0.232. The number of carbonyl (C=O) groups excluding carboxylic acids is 2. The Kier molecular flexibility index (Phi) is 10.8. The standard InChI is InChI=1S/C21H32N3O4Se/c1-15(2)13-17(18(25)27-14-16-9-7-6-8-10-16)24-19(29)22-11-12-23-20(26)28-21(3,4)5/h6-10,15,17H,11-14H2,1-5H3,(H,22,24)(H,23,26)/t17-/m0/s1. The first-order valence-corrected chi connectivity index (χ1v) is 10.6. The maximum absolute atomic E-state index is 12.5. The van der Waals surface area contributed by atoms with Gasteiger partial charge in [-0.15, -0.1) is 0 Å². The Hall–Kier alpha value is -2.05. The second-order valence-electron chi connectivity index (χ2n) is 8.04. The normalized spacial score (nSPS) is 13.0. The van der Waals surface area contributed by atoms with Crippen LogP contribution in [-0.2, 0) is 20.9 Å². The van der Waals surface area contributed by atoms with Crippen molar-refractivity contribution in [3.8, 4) is 0 Å². The van der Waals surface area contributed by atoms with Gasteiger partial charge < -0.3 is 0 Å². The van der Waals surface area contributed by atoms with E-state index in [9.17, 15) is 9.59 Å². The zero-order valence-corrected chi connectivity index (χ0v) is 19.6. The van der Waals surface area contributed by atoms with E-state index in [2.05, 4.69) is 31.6 Å². The first-order valence-electron chi connectivity index (χ1n) is 9.72. The predicted octanol–water partition coefficient (Wildman–Crippen LogP) is 2.78. The van der Waals surface area contributed by atoms with Crippen molar-refractivity contribution in [2.24, 2.45) is 10.9 Å². The fourth-order valence-corrected chi connectivity index (χ4v) is 2.83. The van der Waals surface area contributed by atoms with Gasteiger partial charge in [-0.25, -0.2) is 0 Å². The molecule has 0 heterocycles. The summed E-state index contributed by atoms with van der Waals surface area (Å²) in [6, 6.07) is 9.06. The second kappa shape index (κ2) is 12.5. The molecule has 0 aliphatic rings. The Bertz CT molecular complexity index is 672. The summed E-state index contributed by atoms with van der Waals surface area (Å²) in [4.78, 5) is 28.4. The van der Waals surface area contributed by atoms with Crippen LogP contribution >= 0.6 is 0 Å². The van der Waals surface area contributed by atoms with Crippen LogP contribution in [0.1, 0.15) is 46.6 Å². The predicted molar refractivity (Wildman–Crippen MR) is 115 cm³/mol. The average molecular weight is 469 g/mol. The van der Waals surface area contributed by atoms with Crippen LogP contribution in [0.3, 0.4) is 0 Å². The number of esters is 1. The van der Waals surface area contributed by atoms with E-state index in [0.717, 1.165) is 5.56 Å². The Balaban J connectivity index is 2.50. The van der Waals surface area contributed by atoms with Crippen LogP contribution in [0, 0.1) is 5.92 Å². The molecule has 1 amide bonds. The number of aliphatic imine (C=N–C) groups is 1. The summed E-state index contributed by atoms with van der Waals surface area (Å²) in [5.41, 5.74) is 0.400. The van der Waals surface area contributed by atoms with Crippen molar-refractivity contribution in [1.29, 1.82) is 0 Å². The number of amidine groups is 1. The van der Waals surface area contributed by atoms with Gasteiger partial charge >= 0.3 is 182 Å². The SMILES string of the molecule is CC(C)C[C@H](NC([Se])=NCCNC(=O)OC(C)(C)C)C(=O)OCc1ccccc1. The van der Waals surface area contributed by atoms with Crippen LogP contribution in [0.5, 0.6) is 0 Å². The second-order valence-corrected chi connectivity index (χ2v) is 8.85. The molecule has 2 N–H and O–H groups in total. The van der Waals surface area contributed by atoms with Gasteiger partial charge in [-0.05, 0) is 0 Å². The molecule has 0 aliphatic carbocycles. The molecule has 0 unspecified atom stereocenters. The fraction of sp³-hybridized carbons (Fsp3) is 0.571. The summed E-state index contributed by atoms with van der Waals surface area (Å²) in [5.74, 6) is -0.0178. The van der Waals surface area contributed by atoms with Crippen molar-refractivity contribution in [1.82, 2.24) is 10.6 Å². The quantitative estimate of drug-likeness (QED) is 0.191. The van der Waals surface area contributed by atoms with E-state index in [1.54, 1.807) is 20.8 Å². The molecule has 1 atom stereocenters. The molecule has 8 heteroatoms. The summed E-state index contributed by atoms with van der Waals surface area (Å²) in [5, 5.41) is 5.73. The first-order chi connectivity index (χ1) is 13.6. The number of nitrogens with one attached hydrogen (secondary N) is 2. The number of ether oxygens (including phenoxy) is 2. The maximum atomic E-state index is 12.5. The van der Waals surface area contributed by atoms with Gasteiger partial charge in [0.25, 0.3) is 0 Å². The van der Waals surface area contributed by atoms with Crippen molar-refractivity contribution < 1.29 is 19.1 Å². The fourth-order valence-electron chi connectivity index (χ4n) is 2.34. The third-order valence-electron chi connectivity index (χ3n) is 3.55. The number of nitrogens with zero attached hydrogens (tertiary/aromatic N) is 1.